The van der Waals surface area contributed by atoms with E-state index in [-0.39, 0.29) is 16.1 Å². The largest absolute Gasteiger partial charge is 0.295 e. The van der Waals surface area contributed by atoms with Gasteiger partial charge in [-0.15, -0.1) is 0 Å². The van der Waals surface area contributed by atoms with Gasteiger partial charge in [0, 0.05) is 18.7 Å². The average molecular weight is 309 g/mol. The third-order valence-corrected chi connectivity index (χ3v) is 6.62. The van der Waals surface area contributed by atoms with Gasteiger partial charge in [0.25, 0.3) is 0 Å². The molecule has 0 aromatic heterocycles. The van der Waals surface area contributed by atoms with E-state index in [0.717, 1.165) is 19.3 Å². The summed E-state index contributed by atoms with van der Waals surface area (Å²) < 4.78 is 27.1. The number of rotatable bonds is 5. The molecule has 0 aliphatic carbocycles. The van der Waals surface area contributed by atoms with Crippen LogP contribution in [0.3, 0.4) is 0 Å². The number of nitrogens with zero attached hydrogens (tertiary/aromatic N) is 1. The van der Waals surface area contributed by atoms with Crippen LogP contribution in [-0.2, 0) is 10.0 Å². The lowest BCUT2D eigenvalue weighted by molar-refractivity contribution is 0.101. The summed E-state index contributed by atoms with van der Waals surface area (Å²) in [5.74, 6) is -0.120. The minimum atomic E-state index is -3.50. The third kappa shape index (κ3) is 3.04. The van der Waals surface area contributed by atoms with E-state index in [1.807, 2.05) is 0 Å². The molecule has 0 unspecified atom stereocenters. The normalized spacial score (nSPS) is 18.8. The molecule has 0 spiro atoms. The number of hydrogen-bond acceptors (Lipinski definition) is 3. The van der Waals surface area contributed by atoms with E-state index in [0.29, 0.717) is 18.7 Å². The van der Waals surface area contributed by atoms with E-state index in [1.54, 1.807) is 22.5 Å². The predicted molar refractivity (Wildman–Crippen MR) is 82.8 cm³/mol. The molecule has 0 radical (unpaired) electrons. The van der Waals surface area contributed by atoms with E-state index in [9.17, 15) is 13.2 Å². The van der Waals surface area contributed by atoms with Crippen molar-refractivity contribution in [2.75, 3.05) is 13.1 Å². The highest BCUT2D eigenvalue weighted by atomic mass is 32.2. The van der Waals surface area contributed by atoms with Crippen molar-refractivity contribution in [3.63, 3.8) is 0 Å². The molecular formula is C16H23NO3S. The Hall–Kier alpha value is -1.20. The molecule has 1 saturated heterocycles. The van der Waals surface area contributed by atoms with Crippen molar-refractivity contribution >= 4 is 15.8 Å². The maximum atomic E-state index is 12.7. The highest BCUT2D eigenvalue weighted by Crippen LogP contribution is 2.39. The van der Waals surface area contributed by atoms with Crippen molar-refractivity contribution < 1.29 is 13.2 Å². The van der Waals surface area contributed by atoms with Gasteiger partial charge in [0.05, 0.1) is 4.90 Å². The van der Waals surface area contributed by atoms with Crippen molar-refractivity contribution in [2.24, 2.45) is 5.41 Å². The van der Waals surface area contributed by atoms with Crippen LogP contribution in [0.1, 0.15) is 50.4 Å². The van der Waals surface area contributed by atoms with Gasteiger partial charge in [0.2, 0.25) is 10.0 Å². The number of sulfonamides is 1. The summed E-state index contributed by atoms with van der Waals surface area (Å²) in [6.45, 7) is 6.83. The fourth-order valence-electron chi connectivity index (χ4n) is 2.95. The Balaban J connectivity index is 2.31. The predicted octanol–water partition coefficient (Wildman–Crippen LogP) is 3.09. The van der Waals surface area contributed by atoms with Crippen LogP contribution in [0.5, 0.6) is 0 Å². The Morgan fingerprint density at radius 2 is 1.95 bits per heavy atom. The molecule has 2 rings (SSSR count). The maximum Gasteiger partial charge on any atom is 0.243 e. The van der Waals surface area contributed by atoms with Crippen LogP contribution in [0.4, 0.5) is 0 Å². The van der Waals surface area contributed by atoms with Crippen LogP contribution in [0.2, 0.25) is 0 Å². The van der Waals surface area contributed by atoms with Crippen LogP contribution in [0, 0.1) is 5.41 Å². The van der Waals surface area contributed by atoms with Gasteiger partial charge in [-0.25, -0.2) is 8.42 Å². The summed E-state index contributed by atoms with van der Waals surface area (Å²) in [7, 11) is -3.50. The fourth-order valence-corrected chi connectivity index (χ4v) is 4.55. The first-order valence-electron chi connectivity index (χ1n) is 7.46. The van der Waals surface area contributed by atoms with Gasteiger partial charge in [-0.05, 0) is 43.7 Å². The van der Waals surface area contributed by atoms with E-state index in [1.165, 1.54) is 13.0 Å². The van der Waals surface area contributed by atoms with Gasteiger partial charge in [-0.3, -0.25) is 4.79 Å². The second-order valence-corrected chi connectivity index (χ2v) is 7.82. The van der Waals surface area contributed by atoms with Gasteiger partial charge in [-0.1, -0.05) is 26.0 Å². The molecule has 1 aliphatic rings. The number of benzene rings is 1. The topological polar surface area (TPSA) is 54.5 Å². The molecule has 0 amide bonds. The third-order valence-electron chi connectivity index (χ3n) is 4.78. The lowest BCUT2D eigenvalue weighted by Gasteiger charge is -2.26. The maximum absolute atomic E-state index is 12.7. The number of ketones is 1. The van der Waals surface area contributed by atoms with E-state index < -0.39 is 10.0 Å². The molecular weight excluding hydrogens is 286 g/mol. The van der Waals surface area contributed by atoms with Crippen molar-refractivity contribution in [1.29, 1.82) is 0 Å². The van der Waals surface area contributed by atoms with Gasteiger partial charge >= 0.3 is 0 Å². The first-order valence-corrected chi connectivity index (χ1v) is 8.90. The Labute approximate surface area is 127 Å². The zero-order chi connectivity index (χ0) is 15.7. The second kappa shape index (κ2) is 5.89. The van der Waals surface area contributed by atoms with Crippen LogP contribution in [0.15, 0.2) is 29.2 Å². The van der Waals surface area contributed by atoms with Crippen LogP contribution in [-0.4, -0.2) is 31.6 Å². The summed E-state index contributed by atoms with van der Waals surface area (Å²) in [6.07, 6.45) is 2.89. The van der Waals surface area contributed by atoms with Crippen LogP contribution >= 0.6 is 0 Å². The molecule has 21 heavy (non-hydrogen) atoms. The van der Waals surface area contributed by atoms with E-state index in [2.05, 4.69) is 13.8 Å². The smallest absolute Gasteiger partial charge is 0.243 e. The second-order valence-electron chi connectivity index (χ2n) is 5.88. The first-order chi connectivity index (χ1) is 9.84. The first kappa shape index (κ1) is 16.2. The minimum Gasteiger partial charge on any atom is -0.295 e. The molecule has 1 heterocycles. The van der Waals surface area contributed by atoms with Gasteiger partial charge in [0.1, 0.15) is 0 Å². The fraction of sp³-hybridized carbons (Fsp3) is 0.562. The lowest BCUT2D eigenvalue weighted by atomic mass is 9.82. The average Bonchev–Trinajstić information content (AvgIpc) is 2.93. The Morgan fingerprint density at radius 1 is 1.29 bits per heavy atom. The quantitative estimate of drug-likeness (QED) is 0.785. The standard InChI is InChI=1S/C16H23NO3S/c1-4-16(5-2)9-10-17(12-16)21(19,20)15-8-6-7-14(11-15)13(3)18/h6-8,11H,4-5,9-10,12H2,1-3H3. The van der Waals surface area contributed by atoms with Crippen LogP contribution in [0.25, 0.3) is 0 Å². The summed E-state index contributed by atoms with van der Waals surface area (Å²) in [5, 5.41) is 0. The van der Waals surface area contributed by atoms with Gasteiger partial charge in [-0.2, -0.15) is 4.31 Å². The van der Waals surface area contributed by atoms with Gasteiger partial charge in [0.15, 0.2) is 5.78 Å². The number of hydrogen-bond donors (Lipinski definition) is 0. The van der Waals surface area contributed by atoms with E-state index >= 15 is 0 Å². The summed E-state index contributed by atoms with van der Waals surface area (Å²) >= 11 is 0. The Morgan fingerprint density at radius 3 is 2.48 bits per heavy atom. The molecule has 0 bridgehead atoms. The molecule has 0 atom stereocenters. The van der Waals surface area contributed by atoms with Crippen molar-refractivity contribution in [2.45, 2.75) is 44.9 Å². The Bertz CT molecular complexity index is 633. The minimum absolute atomic E-state index is 0.102. The molecule has 1 aromatic rings. The molecule has 0 saturated carbocycles. The summed E-state index contributed by atoms with van der Waals surface area (Å²) in [6, 6.07) is 6.33. The van der Waals surface area contributed by atoms with Crippen molar-refractivity contribution in [3.8, 4) is 0 Å². The molecule has 1 aliphatic heterocycles. The molecule has 5 heteroatoms. The molecule has 4 nitrogen and oxygen atoms in total. The molecule has 116 valence electrons. The zero-order valence-corrected chi connectivity index (χ0v) is 13.7. The number of Topliss-reactive ketones (excluding diaryl/α,β-unsaturated/α-hetero) is 1. The van der Waals surface area contributed by atoms with E-state index in [4.69, 9.17) is 0 Å². The molecule has 1 fully saturated rings. The number of carbonyl (C=O) groups excluding carboxylic acids is 1. The monoisotopic (exact) mass is 309 g/mol. The van der Waals surface area contributed by atoms with Crippen molar-refractivity contribution in [3.05, 3.63) is 29.8 Å². The number of carbonyl (C=O) groups is 1. The highest BCUT2D eigenvalue weighted by Gasteiger charge is 2.40. The molecule has 0 N–H and O–H groups in total. The highest BCUT2D eigenvalue weighted by molar-refractivity contribution is 7.89. The zero-order valence-electron chi connectivity index (χ0n) is 12.9. The Kier molecular flexibility index (Phi) is 4.54. The van der Waals surface area contributed by atoms with Gasteiger partial charge < -0.3 is 0 Å². The SMILES string of the molecule is CCC1(CC)CCN(S(=O)(=O)c2cccc(C(C)=O)c2)C1. The van der Waals surface area contributed by atoms with Crippen molar-refractivity contribution in [1.82, 2.24) is 4.31 Å². The molecule has 1 aromatic carbocycles. The van der Waals surface area contributed by atoms with Crippen LogP contribution < -0.4 is 0 Å². The lowest BCUT2D eigenvalue weighted by Crippen LogP contribution is -2.32. The summed E-state index contributed by atoms with van der Waals surface area (Å²) in [5.41, 5.74) is 0.540. The summed E-state index contributed by atoms with van der Waals surface area (Å²) in [4.78, 5) is 11.7.